The molecule has 134 valence electrons. The van der Waals surface area contributed by atoms with E-state index in [1.54, 1.807) is 44.2 Å². The first-order valence-corrected chi connectivity index (χ1v) is 9.37. The van der Waals surface area contributed by atoms with Gasteiger partial charge in [-0.1, -0.05) is 44.2 Å². The van der Waals surface area contributed by atoms with E-state index in [1.165, 1.54) is 24.3 Å². The average molecular weight is 364 g/mol. The second kappa shape index (κ2) is 8.22. The molecule has 1 amide bonds. The summed E-state index contributed by atoms with van der Waals surface area (Å²) in [6, 6.07) is 12.7. The fourth-order valence-corrected chi connectivity index (χ4v) is 3.59. The van der Waals surface area contributed by atoms with E-state index in [9.17, 15) is 17.6 Å². The van der Waals surface area contributed by atoms with Crippen LogP contribution in [-0.4, -0.2) is 20.4 Å². The Kier molecular flexibility index (Phi) is 6.27. The maximum atomic E-state index is 12.9. The fourth-order valence-electron chi connectivity index (χ4n) is 2.23. The summed E-state index contributed by atoms with van der Waals surface area (Å²) < 4.78 is 40.2. The van der Waals surface area contributed by atoms with E-state index in [2.05, 4.69) is 10.0 Å². The molecule has 0 heterocycles. The number of hydrogen-bond donors (Lipinski definition) is 2. The Bertz CT molecular complexity index is 806. The van der Waals surface area contributed by atoms with Crippen LogP contribution in [0.15, 0.2) is 59.5 Å². The van der Waals surface area contributed by atoms with E-state index >= 15 is 0 Å². The van der Waals surface area contributed by atoms with Crippen molar-refractivity contribution in [2.75, 3.05) is 0 Å². The highest BCUT2D eigenvalue weighted by molar-refractivity contribution is 7.89. The monoisotopic (exact) mass is 364 g/mol. The van der Waals surface area contributed by atoms with Gasteiger partial charge in [0, 0.05) is 6.54 Å². The van der Waals surface area contributed by atoms with Crippen LogP contribution in [0.2, 0.25) is 0 Å². The minimum Gasteiger partial charge on any atom is -0.351 e. The summed E-state index contributed by atoms with van der Waals surface area (Å²) in [5.41, 5.74) is 0.725. The summed E-state index contributed by atoms with van der Waals surface area (Å²) in [7, 11) is -3.80. The second-order valence-corrected chi connectivity index (χ2v) is 7.71. The molecule has 2 rings (SSSR count). The molecule has 0 unspecified atom stereocenters. The van der Waals surface area contributed by atoms with Gasteiger partial charge >= 0.3 is 0 Å². The molecule has 0 aliphatic carbocycles. The summed E-state index contributed by atoms with van der Waals surface area (Å²) in [5, 5.41) is 2.69. The number of rotatable bonds is 7. The van der Waals surface area contributed by atoms with Crippen molar-refractivity contribution >= 4 is 15.9 Å². The number of carbonyl (C=O) groups excluding carboxylic acids is 1. The fraction of sp³-hybridized carbons (Fsp3) is 0.278. The van der Waals surface area contributed by atoms with Crippen molar-refractivity contribution in [2.45, 2.75) is 31.3 Å². The van der Waals surface area contributed by atoms with Gasteiger partial charge in [0.15, 0.2) is 0 Å². The molecule has 5 nitrogen and oxygen atoms in total. The normalized spacial score (nSPS) is 12.8. The zero-order valence-electron chi connectivity index (χ0n) is 14.1. The molecule has 0 radical (unpaired) electrons. The lowest BCUT2D eigenvalue weighted by Gasteiger charge is -2.21. The molecule has 1 atom stereocenters. The van der Waals surface area contributed by atoms with E-state index in [0.717, 1.165) is 5.56 Å². The lowest BCUT2D eigenvalue weighted by atomic mass is 10.0. The van der Waals surface area contributed by atoms with Crippen LogP contribution in [0.3, 0.4) is 0 Å². The Morgan fingerprint density at radius 3 is 2.20 bits per heavy atom. The van der Waals surface area contributed by atoms with E-state index < -0.39 is 22.0 Å². The molecule has 0 saturated carbocycles. The molecule has 0 spiro atoms. The molecule has 0 bridgehead atoms. The van der Waals surface area contributed by atoms with Crippen molar-refractivity contribution in [3.63, 3.8) is 0 Å². The van der Waals surface area contributed by atoms with E-state index in [1.807, 2.05) is 0 Å². The van der Waals surface area contributed by atoms with E-state index in [4.69, 9.17) is 0 Å². The Balaban J connectivity index is 2.06. The third-order valence-electron chi connectivity index (χ3n) is 3.66. The van der Waals surface area contributed by atoms with Crippen LogP contribution < -0.4 is 10.0 Å². The van der Waals surface area contributed by atoms with Crippen molar-refractivity contribution < 1.29 is 17.6 Å². The number of carbonyl (C=O) groups is 1. The molecule has 0 aliphatic rings. The highest BCUT2D eigenvalue weighted by Crippen LogP contribution is 2.12. The van der Waals surface area contributed by atoms with E-state index in [0.29, 0.717) is 0 Å². The second-order valence-electron chi connectivity index (χ2n) is 6.00. The lowest BCUT2D eigenvalue weighted by molar-refractivity contribution is -0.123. The molecular weight excluding hydrogens is 343 g/mol. The highest BCUT2D eigenvalue weighted by atomic mass is 32.2. The Labute approximate surface area is 147 Å². The molecule has 7 heteroatoms. The molecule has 0 aliphatic heterocycles. The molecule has 0 fully saturated rings. The van der Waals surface area contributed by atoms with Crippen molar-refractivity contribution in [3.05, 3.63) is 66.0 Å². The first-order chi connectivity index (χ1) is 11.8. The summed E-state index contributed by atoms with van der Waals surface area (Å²) in [4.78, 5) is 12.5. The maximum absolute atomic E-state index is 12.9. The van der Waals surface area contributed by atoms with Gasteiger partial charge in [-0.2, -0.15) is 4.72 Å². The maximum Gasteiger partial charge on any atom is 0.241 e. The molecule has 2 aromatic carbocycles. The predicted molar refractivity (Wildman–Crippen MR) is 93.6 cm³/mol. The first-order valence-electron chi connectivity index (χ1n) is 7.89. The number of benzene rings is 2. The molecule has 0 aromatic heterocycles. The predicted octanol–water partition coefficient (Wildman–Crippen LogP) is 2.45. The summed E-state index contributed by atoms with van der Waals surface area (Å²) in [6.07, 6.45) is 0. The Morgan fingerprint density at radius 1 is 1.04 bits per heavy atom. The van der Waals surface area contributed by atoms with Gasteiger partial charge in [0.05, 0.1) is 4.90 Å². The van der Waals surface area contributed by atoms with Crippen LogP contribution in [0.4, 0.5) is 4.39 Å². The average Bonchev–Trinajstić information content (AvgIpc) is 2.59. The Hall–Kier alpha value is -2.25. The summed E-state index contributed by atoms with van der Waals surface area (Å²) in [6.45, 7) is 3.71. The van der Waals surface area contributed by atoms with Crippen molar-refractivity contribution in [3.8, 4) is 0 Å². The minimum atomic E-state index is -3.80. The smallest absolute Gasteiger partial charge is 0.241 e. The third kappa shape index (κ3) is 5.37. The zero-order valence-corrected chi connectivity index (χ0v) is 14.9. The van der Waals surface area contributed by atoms with Gasteiger partial charge in [0.25, 0.3) is 0 Å². The third-order valence-corrected chi connectivity index (χ3v) is 5.12. The quantitative estimate of drug-likeness (QED) is 0.792. The molecule has 2 aromatic rings. The van der Waals surface area contributed by atoms with Gasteiger partial charge < -0.3 is 5.32 Å². The molecule has 25 heavy (non-hydrogen) atoms. The zero-order chi connectivity index (χ0) is 18.4. The standard InChI is InChI=1S/C18H21FN2O3S/c1-13(2)17(21-25(23,24)16-6-4-3-5-7-16)18(22)20-12-14-8-10-15(19)11-9-14/h3-11,13,17,21H,12H2,1-2H3,(H,20,22)/t17-/m1/s1. The van der Waals surface area contributed by atoms with Crippen molar-refractivity contribution in [2.24, 2.45) is 5.92 Å². The Morgan fingerprint density at radius 2 is 1.64 bits per heavy atom. The van der Waals surface area contributed by atoms with E-state index in [-0.39, 0.29) is 23.2 Å². The molecular formula is C18H21FN2O3S. The first kappa shape index (κ1) is 19.1. The highest BCUT2D eigenvalue weighted by Gasteiger charge is 2.28. The topological polar surface area (TPSA) is 75.3 Å². The summed E-state index contributed by atoms with van der Waals surface area (Å²) >= 11 is 0. The van der Waals surface area contributed by atoms with Gasteiger partial charge in [0.1, 0.15) is 11.9 Å². The van der Waals surface area contributed by atoms with Crippen LogP contribution in [0.25, 0.3) is 0 Å². The van der Waals surface area contributed by atoms with Crippen LogP contribution in [0, 0.1) is 11.7 Å². The van der Waals surface area contributed by atoms with Crippen LogP contribution in [0.1, 0.15) is 19.4 Å². The van der Waals surface area contributed by atoms with Gasteiger partial charge in [-0.3, -0.25) is 4.79 Å². The van der Waals surface area contributed by atoms with Gasteiger partial charge in [-0.15, -0.1) is 0 Å². The van der Waals surface area contributed by atoms with Crippen LogP contribution in [-0.2, 0) is 21.4 Å². The summed E-state index contributed by atoms with van der Waals surface area (Å²) in [5.74, 6) is -1.03. The van der Waals surface area contributed by atoms with Gasteiger partial charge in [-0.05, 0) is 35.7 Å². The van der Waals surface area contributed by atoms with Gasteiger partial charge in [0.2, 0.25) is 15.9 Å². The van der Waals surface area contributed by atoms with Crippen LogP contribution in [0.5, 0.6) is 0 Å². The van der Waals surface area contributed by atoms with Crippen LogP contribution >= 0.6 is 0 Å². The molecule has 2 N–H and O–H groups in total. The number of amides is 1. The lowest BCUT2D eigenvalue weighted by Crippen LogP contribution is -2.49. The SMILES string of the molecule is CC(C)[C@@H](NS(=O)(=O)c1ccccc1)C(=O)NCc1ccc(F)cc1. The molecule has 0 saturated heterocycles. The van der Waals surface area contributed by atoms with Crippen molar-refractivity contribution in [1.29, 1.82) is 0 Å². The van der Waals surface area contributed by atoms with Crippen molar-refractivity contribution in [1.82, 2.24) is 10.0 Å². The number of sulfonamides is 1. The number of halogens is 1. The number of hydrogen-bond acceptors (Lipinski definition) is 3. The number of nitrogens with one attached hydrogen (secondary N) is 2. The minimum absolute atomic E-state index is 0.104. The van der Waals surface area contributed by atoms with Gasteiger partial charge in [-0.25, -0.2) is 12.8 Å². The largest absolute Gasteiger partial charge is 0.351 e.